The Balaban J connectivity index is 1.47. The lowest BCUT2D eigenvalue weighted by Gasteiger charge is -2.26. The molecule has 1 aliphatic heterocycles. The Labute approximate surface area is 179 Å². The fraction of sp³-hybridized carbons (Fsp3) is 0.190. The molecular weight excluding hydrogens is 420 g/mol. The monoisotopic (exact) mass is 435 g/mol. The number of nitrogens with one attached hydrogen (secondary N) is 1. The highest BCUT2D eigenvalue weighted by Crippen LogP contribution is 2.26. The van der Waals surface area contributed by atoms with Crippen molar-refractivity contribution >= 4 is 5.82 Å². The minimum atomic E-state index is -0.638. The van der Waals surface area contributed by atoms with Crippen LogP contribution in [0.15, 0.2) is 45.8 Å². The van der Waals surface area contributed by atoms with E-state index < -0.39 is 11.6 Å². The second-order valence-electron chi connectivity index (χ2n) is 7.25. The van der Waals surface area contributed by atoms with Gasteiger partial charge in [-0.25, -0.2) is 23.4 Å². The van der Waals surface area contributed by atoms with Gasteiger partial charge in [0.05, 0.1) is 24.8 Å². The van der Waals surface area contributed by atoms with E-state index in [1.54, 1.807) is 23.1 Å². The highest BCUT2D eigenvalue weighted by molar-refractivity contribution is 5.55. The molecule has 0 atom stereocenters. The van der Waals surface area contributed by atoms with Gasteiger partial charge in [-0.1, -0.05) is 18.2 Å². The number of nitriles is 1. The van der Waals surface area contributed by atoms with Crippen LogP contribution in [0.4, 0.5) is 14.6 Å². The molecule has 0 saturated heterocycles. The molecule has 5 rings (SSSR count). The Morgan fingerprint density at radius 1 is 1.25 bits per heavy atom. The fourth-order valence-electron chi connectivity index (χ4n) is 3.65. The molecule has 11 heteroatoms. The van der Waals surface area contributed by atoms with E-state index in [-0.39, 0.29) is 41.7 Å². The van der Waals surface area contributed by atoms with Crippen LogP contribution in [-0.2, 0) is 19.5 Å². The summed E-state index contributed by atoms with van der Waals surface area (Å²) in [7, 11) is 0. The Morgan fingerprint density at radius 2 is 2.09 bits per heavy atom. The minimum absolute atomic E-state index is 0.0339. The zero-order valence-electron chi connectivity index (χ0n) is 16.5. The quantitative estimate of drug-likeness (QED) is 0.523. The van der Waals surface area contributed by atoms with Crippen molar-refractivity contribution in [3.05, 3.63) is 81.1 Å². The summed E-state index contributed by atoms with van der Waals surface area (Å²) in [6, 6.07) is 9.70. The number of anilines is 1. The lowest BCUT2D eigenvalue weighted by atomic mass is 10.1. The molecule has 0 aliphatic carbocycles. The highest BCUT2D eigenvalue weighted by Gasteiger charge is 2.26. The molecule has 0 radical (unpaired) electrons. The number of aromatic nitrogens is 5. The Bertz CT molecular complexity index is 1420. The molecule has 160 valence electrons. The van der Waals surface area contributed by atoms with Crippen LogP contribution < -0.4 is 10.5 Å². The van der Waals surface area contributed by atoms with Crippen molar-refractivity contribution in [1.82, 2.24) is 24.9 Å². The average Bonchev–Trinajstić information content (AvgIpc) is 3.38. The Morgan fingerprint density at radius 3 is 2.91 bits per heavy atom. The van der Waals surface area contributed by atoms with Crippen molar-refractivity contribution in [2.75, 3.05) is 11.4 Å². The lowest BCUT2D eigenvalue weighted by Crippen LogP contribution is -2.33. The van der Waals surface area contributed by atoms with Crippen molar-refractivity contribution in [2.24, 2.45) is 0 Å². The smallest absolute Gasteiger partial charge is 0.283 e. The van der Waals surface area contributed by atoms with Gasteiger partial charge in [0.25, 0.3) is 5.56 Å². The Kier molecular flexibility index (Phi) is 4.74. The predicted molar refractivity (Wildman–Crippen MR) is 108 cm³/mol. The Hall–Kier alpha value is -4.33. The highest BCUT2D eigenvalue weighted by atomic mass is 19.1. The SMILES string of the molecule is N#Cc1cc(-c2ncc(F)c(N3CCc4c(o[nH]c4=O)C3)n2)nn1Cc1ccccc1F. The molecule has 4 heterocycles. The maximum atomic E-state index is 14.5. The van der Waals surface area contributed by atoms with E-state index in [1.807, 2.05) is 6.07 Å². The number of halogens is 2. The summed E-state index contributed by atoms with van der Waals surface area (Å²) >= 11 is 0. The van der Waals surface area contributed by atoms with Crippen LogP contribution in [0, 0.1) is 23.0 Å². The second kappa shape index (κ2) is 7.73. The van der Waals surface area contributed by atoms with Gasteiger partial charge in [0.1, 0.15) is 23.3 Å². The van der Waals surface area contributed by atoms with E-state index in [4.69, 9.17) is 4.52 Å². The summed E-state index contributed by atoms with van der Waals surface area (Å²) in [5.74, 6) is -0.462. The zero-order valence-corrected chi connectivity index (χ0v) is 16.5. The summed E-state index contributed by atoms with van der Waals surface area (Å²) < 4.78 is 35.1. The van der Waals surface area contributed by atoms with Crippen molar-refractivity contribution < 1.29 is 13.3 Å². The molecule has 1 aliphatic rings. The molecule has 3 aromatic heterocycles. The number of nitrogens with zero attached hydrogens (tertiary/aromatic N) is 6. The molecule has 0 amide bonds. The van der Waals surface area contributed by atoms with Crippen molar-refractivity contribution in [3.63, 3.8) is 0 Å². The van der Waals surface area contributed by atoms with Gasteiger partial charge >= 0.3 is 0 Å². The van der Waals surface area contributed by atoms with Crippen LogP contribution in [0.2, 0.25) is 0 Å². The number of hydrogen-bond acceptors (Lipinski definition) is 7. The van der Waals surface area contributed by atoms with E-state index in [2.05, 4.69) is 20.2 Å². The number of aromatic amines is 1. The van der Waals surface area contributed by atoms with Crippen molar-refractivity contribution in [2.45, 2.75) is 19.5 Å². The second-order valence-corrected chi connectivity index (χ2v) is 7.25. The molecule has 4 aromatic rings. The molecule has 1 aromatic carbocycles. The van der Waals surface area contributed by atoms with E-state index >= 15 is 0 Å². The number of rotatable bonds is 4. The number of fused-ring (bicyclic) bond motifs is 1. The maximum Gasteiger partial charge on any atom is 0.283 e. The zero-order chi connectivity index (χ0) is 22.2. The third-order valence-electron chi connectivity index (χ3n) is 5.27. The molecular formula is C21H15F2N7O2. The largest absolute Gasteiger partial charge is 0.381 e. The van der Waals surface area contributed by atoms with Gasteiger partial charge in [-0.2, -0.15) is 15.5 Å². The summed E-state index contributed by atoms with van der Waals surface area (Å²) in [4.78, 5) is 21.7. The van der Waals surface area contributed by atoms with Gasteiger partial charge in [0.15, 0.2) is 23.2 Å². The fourth-order valence-corrected chi connectivity index (χ4v) is 3.65. The minimum Gasteiger partial charge on any atom is -0.381 e. The molecule has 0 unspecified atom stereocenters. The third kappa shape index (κ3) is 3.41. The lowest BCUT2D eigenvalue weighted by molar-refractivity contribution is 0.370. The first kappa shape index (κ1) is 19.6. The standard InChI is InChI=1S/C21H15F2N7O2/c22-15-4-2-1-3-12(15)10-30-13(8-24)7-17(27-30)19-25-9-16(23)20(26-19)29-6-5-14-18(11-29)32-28-21(14)31/h1-4,7,9H,5-6,10-11H2,(H,28,31). The van der Waals surface area contributed by atoms with Crippen LogP contribution in [-0.4, -0.2) is 31.4 Å². The number of hydrogen-bond donors (Lipinski definition) is 1. The first-order valence-electron chi connectivity index (χ1n) is 9.72. The summed E-state index contributed by atoms with van der Waals surface area (Å²) in [5.41, 5.74) is 1.07. The van der Waals surface area contributed by atoms with Crippen LogP contribution in [0.3, 0.4) is 0 Å². The van der Waals surface area contributed by atoms with Gasteiger partial charge in [-0.15, -0.1) is 0 Å². The summed E-state index contributed by atoms with van der Waals surface area (Å²) in [6.45, 7) is 0.589. The first-order chi connectivity index (χ1) is 15.5. The summed E-state index contributed by atoms with van der Waals surface area (Å²) in [5, 5.41) is 16.1. The third-order valence-corrected chi connectivity index (χ3v) is 5.27. The predicted octanol–water partition coefficient (Wildman–Crippen LogP) is 2.38. The molecule has 0 bridgehead atoms. The molecule has 0 fully saturated rings. The van der Waals surface area contributed by atoms with Crippen LogP contribution >= 0.6 is 0 Å². The van der Waals surface area contributed by atoms with Crippen LogP contribution in [0.1, 0.15) is 22.6 Å². The van der Waals surface area contributed by atoms with Crippen LogP contribution in [0.5, 0.6) is 0 Å². The normalized spacial score (nSPS) is 13.1. The van der Waals surface area contributed by atoms with Gasteiger partial charge in [-0.3, -0.25) is 4.79 Å². The van der Waals surface area contributed by atoms with Gasteiger partial charge in [0, 0.05) is 18.2 Å². The first-order valence-corrected chi connectivity index (χ1v) is 9.72. The van der Waals surface area contributed by atoms with Gasteiger partial charge in [0.2, 0.25) is 0 Å². The topological polar surface area (TPSA) is 117 Å². The van der Waals surface area contributed by atoms with Crippen molar-refractivity contribution in [1.29, 1.82) is 5.26 Å². The molecule has 1 N–H and O–H groups in total. The van der Waals surface area contributed by atoms with E-state index in [0.29, 0.717) is 29.9 Å². The van der Waals surface area contributed by atoms with E-state index in [9.17, 15) is 18.8 Å². The molecule has 9 nitrogen and oxygen atoms in total. The van der Waals surface area contributed by atoms with Gasteiger partial charge in [-0.05, 0) is 12.5 Å². The molecule has 32 heavy (non-hydrogen) atoms. The van der Waals surface area contributed by atoms with Crippen LogP contribution in [0.25, 0.3) is 11.5 Å². The summed E-state index contributed by atoms with van der Waals surface area (Å²) in [6.07, 6.45) is 1.41. The maximum absolute atomic E-state index is 14.5. The number of benzene rings is 1. The molecule has 0 spiro atoms. The van der Waals surface area contributed by atoms with E-state index in [1.165, 1.54) is 16.8 Å². The van der Waals surface area contributed by atoms with E-state index in [0.717, 1.165) is 6.20 Å². The van der Waals surface area contributed by atoms with Gasteiger partial charge < -0.3 is 9.42 Å². The van der Waals surface area contributed by atoms with Crippen molar-refractivity contribution in [3.8, 4) is 17.6 Å². The molecule has 0 saturated carbocycles. The number of H-pyrrole nitrogens is 1. The average molecular weight is 435 g/mol.